The van der Waals surface area contributed by atoms with Gasteiger partial charge in [0.05, 0.1) is 12.6 Å². The highest BCUT2D eigenvalue weighted by atomic mass is 32.2. The van der Waals surface area contributed by atoms with Gasteiger partial charge in [-0.15, -0.1) is 0 Å². The quantitative estimate of drug-likeness (QED) is 0.0171. The summed E-state index contributed by atoms with van der Waals surface area (Å²) in [5, 5.41) is 18.6. The van der Waals surface area contributed by atoms with Crippen molar-refractivity contribution in [3.8, 4) is 0 Å². The molecule has 13 amide bonds. The van der Waals surface area contributed by atoms with Crippen LogP contribution in [-0.2, 0) is 75.2 Å². The van der Waals surface area contributed by atoms with Gasteiger partial charge in [0.2, 0.25) is 76.8 Å². The fourth-order valence-electron chi connectivity index (χ4n) is 11.5. The van der Waals surface area contributed by atoms with Gasteiger partial charge >= 0.3 is 0 Å². The first kappa shape index (κ1) is 75.8. The van der Waals surface area contributed by atoms with Crippen molar-refractivity contribution in [2.75, 3.05) is 51.3 Å². The molecule has 0 spiro atoms. The molecule has 0 aromatic heterocycles. The Kier molecular flexibility index (Phi) is 31.4. The molecule has 3 aliphatic heterocycles. The number of unbranched alkanes of at least 4 members (excludes halogenated alkanes) is 1. The van der Waals surface area contributed by atoms with Crippen LogP contribution >= 0.6 is 11.8 Å². The van der Waals surface area contributed by atoms with Gasteiger partial charge in [0.15, 0.2) is 5.96 Å². The third-order valence-electron chi connectivity index (χ3n) is 16.5. The van der Waals surface area contributed by atoms with Crippen LogP contribution in [0.25, 0.3) is 0 Å². The van der Waals surface area contributed by atoms with Crippen LogP contribution in [0, 0.1) is 0 Å². The van der Waals surface area contributed by atoms with Crippen LogP contribution < -0.4 is 77.4 Å². The molecule has 3 fully saturated rings. The highest BCUT2D eigenvalue weighted by molar-refractivity contribution is 7.98. The van der Waals surface area contributed by atoms with E-state index in [1.54, 1.807) is 60.7 Å². The van der Waals surface area contributed by atoms with Crippen molar-refractivity contribution >= 4 is 94.5 Å². The van der Waals surface area contributed by atoms with E-state index >= 15 is 0 Å². The lowest BCUT2D eigenvalue weighted by molar-refractivity contribution is -0.144. The van der Waals surface area contributed by atoms with Crippen molar-refractivity contribution in [3.63, 3.8) is 0 Å². The normalized spacial score (nSPS) is 18.2. The molecule has 2 aromatic rings. The lowest BCUT2D eigenvalue weighted by atomic mass is 10.0. The van der Waals surface area contributed by atoms with Crippen molar-refractivity contribution in [1.29, 1.82) is 0 Å². The van der Waals surface area contributed by atoms with E-state index in [0.29, 0.717) is 68.2 Å². The minimum Gasteiger partial charge on any atom is -0.370 e. The van der Waals surface area contributed by atoms with Crippen molar-refractivity contribution < 1.29 is 62.3 Å². The topological polar surface area (TPSA) is 510 Å². The second-order valence-corrected chi connectivity index (χ2v) is 24.6. The first-order valence-electron chi connectivity index (χ1n) is 31.9. The number of thioether (sulfide) groups is 1. The Morgan fingerprint density at radius 1 is 0.511 bits per heavy atom. The number of nitrogens with zero attached hydrogens (tertiary/aromatic N) is 4. The molecule has 94 heavy (non-hydrogen) atoms. The van der Waals surface area contributed by atoms with Gasteiger partial charge in [-0.2, -0.15) is 11.8 Å². The highest BCUT2D eigenvalue weighted by Crippen LogP contribution is 2.24. The Hall–Kier alpha value is -8.91. The van der Waals surface area contributed by atoms with Crippen LogP contribution in [0.5, 0.6) is 0 Å². The minimum absolute atomic E-state index is 0.0763. The molecule has 5 rings (SSSR count). The number of carbonyl (C=O) groups is 13. The SMILES string of the molecule is CSCC[C@H](NC(=O)[C@@H]1CCCN1C(=O)CNC(=O)[C@H](Cc1ccccc1)NC(=O)[C@H](Cc1ccccc1)NC(=O)[C@H](CCC(N)=O)NC(=O)[C@H](CCC(N)=O)NC(=O)[C@@H]1CCCN1C(=O)[C@H](CCCCN)NC(=O)[C@@H]1CCCN1C(=O)[C@@H](N)CCCN=C(N)N)C(N)=O. The number of hydrogen-bond acceptors (Lipinski definition) is 17. The van der Waals surface area contributed by atoms with Crippen LogP contribution in [0.2, 0.25) is 0 Å². The summed E-state index contributed by atoms with van der Waals surface area (Å²) in [5.41, 5.74) is 40.7. The number of guanidine groups is 1. The molecule has 32 heteroatoms. The standard InChI is InChI=1S/C62H94N18O13S/c1-94-33-27-40(52(67)84)72-57(89)46-20-11-30-78(46)51(83)36-71-53(85)44(34-37-14-4-2-5-15-37)76-56(88)45(35-38-16-6-3-7-17-38)77-55(87)41(23-25-49(65)81)73-54(86)42(24-26-50(66)82)74-58(90)48-22-13-32-80(48)61(93)43(19-8-9-28-63)75-59(91)47-21-12-31-79(47)60(92)39(64)18-10-29-70-62(68)69/h2-7,14-17,39-48H,8-13,18-36,63-64H2,1H3,(H2,65,81)(H2,66,82)(H2,67,84)(H,71,85)(H,72,89)(H,73,86)(H,74,90)(H,75,91)(H,76,88)(H,77,87)(H4,68,69,70)/t39-,40-,41-,42-,43-,44-,45-,46-,47-,48-/m0/s1. The van der Waals surface area contributed by atoms with Crippen LogP contribution in [0.15, 0.2) is 65.7 Å². The molecule has 31 nitrogen and oxygen atoms in total. The van der Waals surface area contributed by atoms with Gasteiger partial charge in [-0.05, 0) is 120 Å². The number of rotatable bonds is 39. The van der Waals surface area contributed by atoms with Gasteiger partial charge < -0.3 is 92.1 Å². The predicted molar refractivity (Wildman–Crippen MR) is 349 cm³/mol. The Balaban J connectivity index is 1.33. The molecule has 0 bridgehead atoms. The van der Waals surface area contributed by atoms with Gasteiger partial charge in [0.1, 0.15) is 54.4 Å². The fraction of sp³-hybridized carbons (Fsp3) is 0.581. The summed E-state index contributed by atoms with van der Waals surface area (Å²) in [4.78, 5) is 186. The van der Waals surface area contributed by atoms with E-state index in [1.807, 2.05) is 6.26 Å². The zero-order chi connectivity index (χ0) is 68.9. The fourth-order valence-corrected chi connectivity index (χ4v) is 12.0. The molecule has 3 heterocycles. The number of carbonyl (C=O) groups excluding carboxylic acids is 13. The van der Waals surface area contributed by atoms with Crippen LogP contribution in [0.1, 0.15) is 114 Å². The van der Waals surface area contributed by atoms with E-state index in [0.717, 1.165) is 0 Å². The number of hydrogen-bond donors (Lipinski definition) is 14. The highest BCUT2D eigenvalue weighted by Gasteiger charge is 2.43. The van der Waals surface area contributed by atoms with Crippen molar-refractivity contribution in [2.24, 2.45) is 45.1 Å². The van der Waals surface area contributed by atoms with E-state index in [9.17, 15) is 62.3 Å². The van der Waals surface area contributed by atoms with Crippen molar-refractivity contribution in [2.45, 2.75) is 176 Å². The largest absolute Gasteiger partial charge is 0.370 e. The summed E-state index contributed by atoms with van der Waals surface area (Å²) < 4.78 is 0. The maximum atomic E-state index is 14.7. The number of likely N-dealkylation sites (tertiary alicyclic amines) is 3. The van der Waals surface area contributed by atoms with Gasteiger partial charge in [0.25, 0.3) is 0 Å². The predicted octanol–water partition coefficient (Wildman–Crippen LogP) is -4.25. The molecule has 10 atom stereocenters. The Bertz CT molecular complexity index is 2980. The molecule has 0 unspecified atom stereocenters. The average molecular weight is 1330 g/mol. The second kappa shape index (κ2) is 38.9. The minimum atomic E-state index is -1.64. The molecule has 0 radical (unpaired) electrons. The summed E-state index contributed by atoms with van der Waals surface area (Å²) in [5.74, 6) is -9.35. The summed E-state index contributed by atoms with van der Waals surface area (Å²) in [7, 11) is 0. The van der Waals surface area contributed by atoms with E-state index in [2.05, 4.69) is 42.2 Å². The number of amides is 13. The maximum Gasteiger partial charge on any atom is 0.245 e. The number of primary amides is 3. The monoisotopic (exact) mass is 1330 g/mol. The second-order valence-electron chi connectivity index (χ2n) is 23.6. The molecule has 0 saturated carbocycles. The van der Waals surface area contributed by atoms with E-state index in [1.165, 1.54) is 26.5 Å². The van der Waals surface area contributed by atoms with Crippen molar-refractivity contribution in [3.05, 3.63) is 71.8 Å². The summed E-state index contributed by atoms with van der Waals surface area (Å²) in [6, 6.07) is 4.85. The Morgan fingerprint density at radius 3 is 1.45 bits per heavy atom. The van der Waals surface area contributed by atoms with E-state index in [-0.39, 0.29) is 77.2 Å². The number of aliphatic imine (C=N–C) groups is 1. The average Bonchev–Trinajstić information content (AvgIpc) is 1.63. The lowest BCUT2D eigenvalue weighted by Gasteiger charge is -2.32. The summed E-state index contributed by atoms with van der Waals surface area (Å²) >= 11 is 1.47. The smallest absolute Gasteiger partial charge is 0.245 e. The zero-order valence-electron chi connectivity index (χ0n) is 53.3. The molecule has 3 aliphatic rings. The summed E-state index contributed by atoms with van der Waals surface area (Å²) in [6.45, 7) is 0.477. The molecule has 21 N–H and O–H groups in total. The van der Waals surface area contributed by atoms with E-state index < -0.39 is 169 Å². The number of nitrogens with one attached hydrogen (secondary N) is 7. The van der Waals surface area contributed by atoms with Crippen LogP contribution in [-0.4, -0.2) is 209 Å². The third kappa shape index (κ3) is 24.2. The van der Waals surface area contributed by atoms with Gasteiger partial charge in [-0.3, -0.25) is 67.3 Å². The molecule has 3 saturated heterocycles. The first-order valence-corrected chi connectivity index (χ1v) is 33.3. The Labute approximate surface area is 550 Å². The van der Waals surface area contributed by atoms with Crippen LogP contribution in [0.3, 0.4) is 0 Å². The Morgan fingerprint density at radius 2 is 0.957 bits per heavy atom. The molecular weight excluding hydrogens is 1240 g/mol. The molecule has 0 aliphatic carbocycles. The molecular formula is C62H94N18O13S. The number of nitrogens with two attached hydrogens (primary N) is 7. The van der Waals surface area contributed by atoms with Crippen LogP contribution in [0.4, 0.5) is 0 Å². The molecule has 2 aromatic carbocycles. The zero-order valence-corrected chi connectivity index (χ0v) is 54.1. The molecule has 516 valence electrons. The first-order chi connectivity index (χ1) is 44.9. The number of benzene rings is 2. The third-order valence-corrected chi connectivity index (χ3v) is 17.2. The van der Waals surface area contributed by atoms with Gasteiger partial charge in [-0.1, -0.05) is 60.7 Å². The van der Waals surface area contributed by atoms with Crippen molar-refractivity contribution in [1.82, 2.24) is 51.9 Å². The maximum absolute atomic E-state index is 14.7. The van der Waals surface area contributed by atoms with Gasteiger partial charge in [0, 0.05) is 51.9 Å². The van der Waals surface area contributed by atoms with E-state index in [4.69, 9.17) is 40.1 Å². The lowest BCUT2D eigenvalue weighted by Crippen LogP contribution is -2.60. The van der Waals surface area contributed by atoms with Gasteiger partial charge in [-0.25, -0.2) is 0 Å². The summed E-state index contributed by atoms with van der Waals surface area (Å²) in [6.07, 6.45) is 3.81.